The van der Waals surface area contributed by atoms with E-state index in [1.54, 1.807) is 16.8 Å². The number of benzene rings is 2. The van der Waals surface area contributed by atoms with E-state index in [1.807, 2.05) is 42.3 Å². The number of carbonyl (C=O) groups excluding carboxylic acids is 2. The van der Waals surface area contributed by atoms with Crippen LogP contribution >= 0.6 is 0 Å². The molecule has 3 unspecified atom stereocenters. The number of hydrogen-bond acceptors (Lipinski definition) is 7. The van der Waals surface area contributed by atoms with Crippen molar-refractivity contribution in [1.82, 2.24) is 25.8 Å². The van der Waals surface area contributed by atoms with Gasteiger partial charge in [0.1, 0.15) is 17.6 Å². The third-order valence-electron chi connectivity index (χ3n) is 6.85. The lowest BCUT2D eigenvalue weighted by molar-refractivity contribution is -0.129. The number of anilines is 2. The zero-order valence-corrected chi connectivity index (χ0v) is 20.2. The van der Waals surface area contributed by atoms with Crippen LogP contribution in [0.1, 0.15) is 33.7 Å². The van der Waals surface area contributed by atoms with Gasteiger partial charge in [-0.2, -0.15) is 5.10 Å². The number of amides is 2. The molecule has 2 saturated heterocycles. The van der Waals surface area contributed by atoms with E-state index >= 15 is 0 Å². The lowest BCUT2D eigenvalue weighted by Gasteiger charge is -2.37. The maximum absolute atomic E-state index is 13.1. The molecule has 2 amide bonds. The lowest BCUT2D eigenvalue weighted by atomic mass is 10.0. The summed E-state index contributed by atoms with van der Waals surface area (Å²) in [5.74, 6) is -0.133. The molecule has 2 fully saturated rings. The highest BCUT2D eigenvalue weighted by atomic mass is 16.3. The van der Waals surface area contributed by atoms with E-state index in [0.29, 0.717) is 23.6 Å². The van der Waals surface area contributed by atoms with E-state index in [4.69, 9.17) is 4.42 Å². The number of aromatic nitrogens is 2. The molecule has 3 atom stereocenters. The van der Waals surface area contributed by atoms with E-state index < -0.39 is 12.2 Å². The molecule has 4 N–H and O–H groups in total. The Morgan fingerprint density at radius 3 is 2.72 bits per heavy atom. The number of fused-ring (bicyclic) bond motifs is 2. The van der Waals surface area contributed by atoms with Gasteiger partial charge in [0.2, 0.25) is 5.91 Å². The van der Waals surface area contributed by atoms with Gasteiger partial charge in [-0.25, -0.2) is 10.1 Å². The van der Waals surface area contributed by atoms with Crippen LogP contribution in [0.4, 0.5) is 11.5 Å². The molecular weight excluding hydrogens is 458 g/mol. The summed E-state index contributed by atoms with van der Waals surface area (Å²) in [5, 5.41) is 16.8. The summed E-state index contributed by atoms with van der Waals surface area (Å²) in [4.78, 5) is 26.1. The number of carbonyl (C=O) groups is 2. The highest BCUT2D eigenvalue weighted by molar-refractivity contribution is 6.04. The van der Waals surface area contributed by atoms with Gasteiger partial charge in [0.25, 0.3) is 5.91 Å². The standard InChI is InChI=1S/C26H27N7O3/c1-14-8-9-18(10-15(14)2)32-23-19(13-27-32)24(34)30-26(29-23)33-22(11-16(3)31-33)28-25(35)21-12-17-6-4-5-7-20(17)36-21/h4-12,19,23,26-27,29H,13H2,1-3H3,(H,28,35)(H,30,34). The van der Waals surface area contributed by atoms with Crippen LogP contribution in [0.15, 0.2) is 59.0 Å². The SMILES string of the molecule is Cc1cc(NC(=O)c2cc3ccccc3o2)n(C2NC(=O)C3CNN(c4ccc(C)c(C)c4)C3N2)n1. The average molecular weight is 486 g/mol. The molecule has 0 radical (unpaired) electrons. The Morgan fingerprint density at radius 2 is 1.92 bits per heavy atom. The molecule has 0 spiro atoms. The first-order valence-corrected chi connectivity index (χ1v) is 11.9. The Morgan fingerprint density at radius 1 is 1.08 bits per heavy atom. The molecule has 0 saturated carbocycles. The lowest BCUT2D eigenvalue weighted by Crippen LogP contribution is -2.61. The summed E-state index contributed by atoms with van der Waals surface area (Å²) in [5.41, 5.74) is 8.04. The summed E-state index contributed by atoms with van der Waals surface area (Å²) >= 11 is 0. The number of furan rings is 1. The van der Waals surface area contributed by atoms with E-state index in [2.05, 4.69) is 52.5 Å². The average Bonchev–Trinajstić information content (AvgIpc) is 3.57. The summed E-state index contributed by atoms with van der Waals surface area (Å²) in [7, 11) is 0. The van der Waals surface area contributed by atoms with Gasteiger partial charge in [0.05, 0.1) is 17.3 Å². The van der Waals surface area contributed by atoms with E-state index in [9.17, 15) is 9.59 Å². The number of hydrazine groups is 1. The van der Waals surface area contributed by atoms with E-state index in [-0.39, 0.29) is 23.8 Å². The molecule has 2 aliphatic rings. The molecule has 0 bridgehead atoms. The van der Waals surface area contributed by atoms with Crippen molar-refractivity contribution in [3.05, 3.63) is 77.2 Å². The van der Waals surface area contributed by atoms with Gasteiger partial charge >= 0.3 is 0 Å². The zero-order chi connectivity index (χ0) is 25.0. The second-order valence-electron chi connectivity index (χ2n) is 9.35. The topological polar surface area (TPSA) is 116 Å². The molecule has 2 aromatic heterocycles. The first-order valence-electron chi connectivity index (χ1n) is 11.9. The monoisotopic (exact) mass is 485 g/mol. The highest BCUT2D eigenvalue weighted by Crippen LogP contribution is 2.29. The van der Waals surface area contributed by atoms with E-state index in [0.717, 1.165) is 11.1 Å². The Hall–Kier alpha value is -4.15. The Kier molecular flexibility index (Phi) is 5.27. The molecular formula is C26H27N7O3. The second kappa shape index (κ2) is 8.51. The summed E-state index contributed by atoms with van der Waals surface area (Å²) in [6.07, 6.45) is -0.957. The number of nitrogens with zero attached hydrogens (tertiary/aromatic N) is 3. The van der Waals surface area contributed by atoms with Gasteiger partial charge in [-0.1, -0.05) is 24.3 Å². The van der Waals surface area contributed by atoms with Crippen LogP contribution < -0.4 is 26.4 Å². The number of aryl methyl sites for hydroxylation is 3. The van der Waals surface area contributed by atoms with Crippen molar-refractivity contribution < 1.29 is 14.0 Å². The third-order valence-corrected chi connectivity index (χ3v) is 6.85. The second-order valence-corrected chi connectivity index (χ2v) is 9.35. The fourth-order valence-corrected chi connectivity index (χ4v) is 4.80. The summed E-state index contributed by atoms with van der Waals surface area (Å²) in [6.45, 7) is 6.48. The number of nitrogens with one attached hydrogen (secondary N) is 4. The molecule has 10 heteroatoms. The molecule has 4 aromatic rings. The predicted molar refractivity (Wildman–Crippen MR) is 135 cm³/mol. The van der Waals surface area contributed by atoms with Gasteiger partial charge in [-0.3, -0.25) is 19.9 Å². The van der Waals surface area contributed by atoms with Crippen LogP contribution in [0.3, 0.4) is 0 Å². The predicted octanol–water partition coefficient (Wildman–Crippen LogP) is 2.95. The molecule has 10 nitrogen and oxygen atoms in total. The number of para-hydroxylation sites is 1. The van der Waals surface area contributed by atoms with Gasteiger partial charge in [0, 0.05) is 18.0 Å². The highest BCUT2D eigenvalue weighted by Gasteiger charge is 2.45. The van der Waals surface area contributed by atoms with Crippen molar-refractivity contribution in [3.8, 4) is 0 Å². The molecule has 4 heterocycles. The van der Waals surface area contributed by atoms with Crippen molar-refractivity contribution in [1.29, 1.82) is 0 Å². The largest absolute Gasteiger partial charge is 0.451 e. The Bertz CT molecular complexity index is 1460. The maximum Gasteiger partial charge on any atom is 0.292 e. The Labute approximate surface area is 207 Å². The molecule has 6 rings (SSSR count). The first-order chi connectivity index (χ1) is 17.4. The fourth-order valence-electron chi connectivity index (χ4n) is 4.80. The maximum atomic E-state index is 13.1. The van der Waals surface area contributed by atoms with Crippen molar-refractivity contribution in [2.75, 3.05) is 16.9 Å². The summed E-state index contributed by atoms with van der Waals surface area (Å²) < 4.78 is 7.29. The molecule has 184 valence electrons. The smallest absolute Gasteiger partial charge is 0.292 e. The zero-order valence-electron chi connectivity index (χ0n) is 20.2. The van der Waals surface area contributed by atoms with Gasteiger partial charge in [-0.05, 0) is 56.2 Å². The molecule has 2 aromatic carbocycles. The van der Waals surface area contributed by atoms with Crippen molar-refractivity contribution in [2.24, 2.45) is 5.92 Å². The Balaban J connectivity index is 1.26. The van der Waals surface area contributed by atoms with Crippen LogP contribution in [0, 0.1) is 26.7 Å². The number of hydrogen-bond donors (Lipinski definition) is 4. The molecule has 36 heavy (non-hydrogen) atoms. The third kappa shape index (κ3) is 3.80. The van der Waals surface area contributed by atoms with Crippen LogP contribution in [-0.2, 0) is 4.79 Å². The molecule has 2 aliphatic heterocycles. The first kappa shape index (κ1) is 22.3. The van der Waals surface area contributed by atoms with Crippen LogP contribution in [0.2, 0.25) is 0 Å². The molecule has 0 aliphatic carbocycles. The van der Waals surface area contributed by atoms with Crippen LogP contribution in [-0.4, -0.2) is 34.3 Å². The minimum absolute atomic E-state index is 0.0923. The van der Waals surface area contributed by atoms with Crippen molar-refractivity contribution >= 4 is 34.3 Å². The van der Waals surface area contributed by atoms with Gasteiger partial charge in [-0.15, -0.1) is 0 Å². The number of rotatable bonds is 4. The van der Waals surface area contributed by atoms with Crippen LogP contribution in [0.25, 0.3) is 11.0 Å². The minimum Gasteiger partial charge on any atom is -0.451 e. The van der Waals surface area contributed by atoms with Crippen molar-refractivity contribution in [2.45, 2.75) is 33.2 Å². The quantitative estimate of drug-likeness (QED) is 0.351. The normalized spacial score (nSPS) is 21.5. The van der Waals surface area contributed by atoms with Crippen molar-refractivity contribution in [3.63, 3.8) is 0 Å². The fraction of sp³-hybridized carbons (Fsp3) is 0.269. The summed E-state index contributed by atoms with van der Waals surface area (Å²) in [6, 6.07) is 17.1. The van der Waals surface area contributed by atoms with Gasteiger partial charge < -0.3 is 15.1 Å². The van der Waals surface area contributed by atoms with Gasteiger partial charge in [0.15, 0.2) is 12.0 Å². The van der Waals surface area contributed by atoms with E-state index in [1.165, 1.54) is 11.1 Å². The minimum atomic E-state index is -0.660. The van der Waals surface area contributed by atoms with Crippen LogP contribution in [0.5, 0.6) is 0 Å².